The molecule has 198 valence electrons. The Hall–Kier alpha value is -3.62. The molecule has 4 aromatic rings. The van der Waals surface area contributed by atoms with Crippen LogP contribution >= 0.6 is 0 Å². The zero-order chi connectivity index (χ0) is 27.3. The molecule has 0 saturated heterocycles. The second-order valence-electron chi connectivity index (χ2n) is 9.01. The molecule has 0 aliphatic carbocycles. The Labute approximate surface area is 224 Å². The molecule has 6 nitrogen and oxygen atoms in total. The number of benzene rings is 4. The molecule has 0 N–H and O–H groups in total. The standard InChI is InChI=1S/C30H30O6S2/c1-4-19-37(31,32)30-21-28(17-18-29(30)35-3)38(33,34)27-15-13-26(14-16-27)36-25-11-9-24(10-12-25)20-23-7-5-22(2)6-8-23/h5-18,21H,4,19-20H2,1-3H3. The van der Waals surface area contributed by atoms with E-state index in [1.807, 2.05) is 24.3 Å². The molecule has 38 heavy (non-hydrogen) atoms. The Morgan fingerprint density at radius 2 is 1.21 bits per heavy atom. The molecule has 0 aliphatic rings. The maximum absolute atomic E-state index is 13.3. The molecular weight excluding hydrogens is 520 g/mol. The minimum Gasteiger partial charge on any atom is -0.495 e. The van der Waals surface area contributed by atoms with E-state index in [4.69, 9.17) is 9.47 Å². The summed E-state index contributed by atoms with van der Waals surface area (Å²) < 4.78 is 63.0. The fourth-order valence-corrected chi connectivity index (χ4v) is 6.91. The molecule has 4 rings (SSSR count). The highest BCUT2D eigenvalue weighted by Crippen LogP contribution is 2.32. The predicted molar refractivity (Wildman–Crippen MR) is 148 cm³/mol. The number of hydrogen-bond donors (Lipinski definition) is 0. The summed E-state index contributed by atoms with van der Waals surface area (Å²) in [5, 5.41) is 0. The van der Waals surface area contributed by atoms with Crippen molar-refractivity contribution in [2.24, 2.45) is 0 Å². The Morgan fingerprint density at radius 1 is 0.684 bits per heavy atom. The molecule has 0 saturated carbocycles. The van der Waals surface area contributed by atoms with Gasteiger partial charge < -0.3 is 9.47 Å². The number of ether oxygens (including phenoxy) is 2. The van der Waals surface area contributed by atoms with Gasteiger partial charge >= 0.3 is 0 Å². The van der Waals surface area contributed by atoms with Gasteiger partial charge in [-0.15, -0.1) is 0 Å². The SMILES string of the molecule is CCCS(=O)(=O)c1cc(S(=O)(=O)c2ccc(Oc3ccc(Cc4ccc(C)cc4)cc3)cc2)ccc1OC. The molecule has 0 amide bonds. The van der Waals surface area contributed by atoms with Crippen LogP contribution in [-0.2, 0) is 26.1 Å². The lowest BCUT2D eigenvalue weighted by atomic mass is 10.0. The van der Waals surface area contributed by atoms with Gasteiger partial charge in [0.2, 0.25) is 9.84 Å². The van der Waals surface area contributed by atoms with Crippen molar-refractivity contribution in [3.63, 3.8) is 0 Å². The summed E-state index contributed by atoms with van der Waals surface area (Å²) in [4.78, 5) is -0.221. The maximum Gasteiger partial charge on any atom is 0.206 e. The quantitative estimate of drug-likeness (QED) is 0.227. The van der Waals surface area contributed by atoms with E-state index in [0.29, 0.717) is 17.9 Å². The number of methoxy groups -OCH3 is 1. The van der Waals surface area contributed by atoms with E-state index in [-0.39, 0.29) is 26.2 Å². The highest BCUT2D eigenvalue weighted by atomic mass is 32.2. The van der Waals surface area contributed by atoms with Crippen LogP contribution in [0.5, 0.6) is 17.2 Å². The van der Waals surface area contributed by atoms with Crippen LogP contribution in [0, 0.1) is 6.92 Å². The average molecular weight is 551 g/mol. The fourth-order valence-electron chi connectivity index (χ4n) is 4.02. The van der Waals surface area contributed by atoms with Crippen molar-refractivity contribution in [1.82, 2.24) is 0 Å². The Morgan fingerprint density at radius 3 is 1.76 bits per heavy atom. The smallest absolute Gasteiger partial charge is 0.206 e. The number of sulfone groups is 2. The lowest BCUT2D eigenvalue weighted by Crippen LogP contribution is -2.10. The van der Waals surface area contributed by atoms with E-state index in [2.05, 4.69) is 31.2 Å². The van der Waals surface area contributed by atoms with Crippen molar-refractivity contribution in [3.8, 4) is 17.2 Å². The van der Waals surface area contributed by atoms with Gasteiger partial charge in [-0.3, -0.25) is 0 Å². The van der Waals surface area contributed by atoms with E-state index in [9.17, 15) is 16.8 Å². The average Bonchev–Trinajstić information content (AvgIpc) is 2.91. The van der Waals surface area contributed by atoms with Crippen molar-refractivity contribution in [3.05, 3.63) is 108 Å². The van der Waals surface area contributed by atoms with Crippen molar-refractivity contribution < 1.29 is 26.3 Å². The zero-order valence-corrected chi connectivity index (χ0v) is 23.2. The minimum atomic E-state index is -3.96. The highest BCUT2D eigenvalue weighted by Gasteiger charge is 2.24. The van der Waals surface area contributed by atoms with Gasteiger partial charge in [0, 0.05) is 0 Å². The fraction of sp³-hybridized carbons (Fsp3) is 0.200. The van der Waals surface area contributed by atoms with Gasteiger partial charge in [0.15, 0.2) is 9.84 Å². The van der Waals surface area contributed by atoms with Crippen molar-refractivity contribution in [2.45, 2.75) is 41.4 Å². The van der Waals surface area contributed by atoms with Crippen LogP contribution in [0.4, 0.5) is 0 Å². The summed E-state index contributed by atoms with van der Waals surface area (Å²) in [5.74, 6) is 1.13. The molecular formula is C30H30O6S2. The van der Waals surface area contributed by atoms with Crippen LogP contribution in [-0.4, -0.2) is 29.7 Å². The van der Waals surface area contributed by atoms with Gasteiger partial charge in [0.25, 0.3) is 0 Å². The molecule has 0 aromatic heterocycles. The largest absolute Gasteiger partial charge is 0.495 e. The Balaban J connectivity index is 1.50. The molecule has 0 unspecified atom stereocenters. The van der Waals surface area contributed by atoms with Gasteiger partial charge in [0.05, 0.1) is 22.7 Å². The topological polar surface area (TPSA) is 86.7 Å². The monoisotopic (exact) mass is 550 g/mol. The van der Waals surface area contributed by atoms with E-state index in [1.54, 1.807) is 19.1 Å². The first kappa shape index (κ1) is 27.4. The number of hydrogen-bond acceptors (Lipinski definition) is 6. The third-order valence-corrected chi connectivity index (χ3v) is 9.78. The van der Waals surface area contributed by atoms with Crippen molar-refractivity contribution in [2.75, 3.05) is 12.9 Å². The molecule has 0 aliphatic heterocycles. The molecule has 0 atom stereocenters. The minimum absolute atomic E-state index is 0.0299. The van der Waals surface area contributed by atoms with Crippen LogP contribution in [0.1, 0.15) is 30.0 Å². The van der Waals surface area contributed by atoms with E-state index < -0.39 is 19.7 Å². The first-order valence-corrected chi connectivity index (χ1v) is 15.3. The van der Waals surface area contributed by atoms with Crippen LogP contribution in [0.3, 0.4) is 0 Å². The van der Waals surface area contributed by atoms with E-state index >= 15 is 0 Å². The van der Waals surface area contributed by atoms with Gasteiger partial charge in [-0.25, -0.2) is 16.8 Å². The highest BCUT2D eigenvalue weighted by molar-refractivity contribution is 7.92. The van der Waals surface area contributed by atoms with Crippen LogP contribution in [0.15, 0.2) is 106 Å². The summed E-state index contributed by atoms with van der Waals surface area (Å²) in [5.41, 5.74) is 3.61. The van der Waals surface area contributed by atoms with Crippen LogP contribution in [0.25, 0.3) is 0 Å². The lowest BCUT2D eigenvalue weighted by molar-refractivity contribution is 0.402. The molecule has 0 radical (unpaired) electrons. The molecule has 0 heterocycles. The summed E-state index contributed by atoms with van der Waals surface area (Å²) in [7, 11) is -6.30. The number of rotatable bonds is 10. The Bertz CT molecular complexity index is 1610. The zero-order valence-electron chi connectivity index (χ0n) is 21.5. The normalized spacial score (nSPS) is 11.8. The molecule has 0 fully saturated rings. The number of aryl methyl sites for hydroxylation is 1. The molecule has 0 spiro atoms. The van der Waals surface area contributed by atoms with Gasteiger partial charge in [-0.1, -0.05) is 48.9 Å². The van der Waals surface area contributed by atoms with Crippen molar-refractivity contribution in [1.29, 1.82) is 0 Å². The third-order valence-electron chi connectivity index (χ3n) is 6.08. The summed E-state index contributed by atoms with van der Waals surface area (Å²) in [6.45, 7) is 3.81. The lowest BCUT2D eigenvalue weighted by Gasteiger charge is -2.12. The van der Waals surface area contributed by atoms with Crippen LogP contribution < -0.4 is 9.47 Å². The van der Waals surface area contributed by atoms with Crippen molar-refractivity contribution >= 4 is 19.7 Å². The summed E-state index contributed by atoms with van der Waals surface area (Å²) in [6, 6.07) is 26.1. The van der Waals surface area contributed by atoms with E-state index in [1.165, 1.54) is 48.6 Å². The second-order valence-corrected chi connectivity index (χ2v) is 13.0. The second kappa shape index (κ2) is 11.4. The first-order valence-electron chi connectivity index (χ1n) is 12.2. The first-order chi connectivity index (χ1) is 18.1. The van der Waals surface area contributed by atoms with Crippen LogP contribution in [0.2, 0.25) is 0 Å². The predicted octanol–water partition coefficient (Wildman–Crippen LogP) is 6.40. The third kappa shape index (κ3) is 6.26. The van der Waals surface area contributed by atoms with Gasteiger partial charge in [0.1, 0.15) is 22.1 Å². The van der Waals surface area contributed by atoms with E-state index in [0.717, 1.165) is 12.0 Å². The maximum atomic E-state index is 13.3. The van der Waals surface area contributed by atoms with Gasteiger partial charge in [-0.2, -0.15) is 0 Å². The summed E-state index contributed by atoms with van der Waals surface area (Å²) >= 11 is 0. The summed E-state index contributed by atoms with van der Waals surface area (Å²) in [6.07, 6.45) is 1.22. The molecule has 0 bridgehead atoms. The molecule has 4 aromatic carbocycles. The Kier molecular flexibility index (Phi) is 8.23. The molecule has 8 heteroatoms. The van der Waals surface area contributed by atoms with Gasteiger partial charge in [-0.05, 0) is 85.5 Å².